The first-order valence-corrected chi connectivity index (χ1v) is 7.31. The summed E-state index contributed by atoms with van der Waals surface area (Å²) in [7, 11) is 3.18. The van der Waals surface area contributed by atoms with Crippen molar-refractivity contribution in [3.8, 4) is 11.5 Å². The molecule has 120 valence electrons. The van der Waals surface area contributed by atoms with Crippen LogP contribution in [0.2, 0.25) is 0 Å². The summed E-state index contributed by atoms with van der Waals surface area (Å²) in [5.41, 5.74) is 1.02. The molecule has 0 spiro atoms. The Morgan fingerprint density at radius 1 is 1.17 bits per heavy atom. The zero-order valence-electron chi connectivity index (χ0n) is 13.0. The lowest BCUT2D eigenvalue weighted by Crippen LogP contribution is -2.26. The molecule has 0 unspecified atom stereocenters. The molecule has 0 saturated heterocycles. The number of anilines is 2. The van der Waals surface area contributed by atoms with Gasteiger partial charge in [0.2, 0.25) is 0 Å². The summed E-state index contributed by atoms with van der Waals surface area (Å²) >= 11 is 0. The van der Waals surface area contributed by atoms with Crippen LogP contribution < -0.4 is 20.1 Å². The smallest absolute Gasteiger partial charge is 0.270 e. The van der Waals surface area contributed by atoms with E-state index in [2.05, 4.69) is 20.6 Å². The molecule has 7 nitrogen and oxygen atoms in total. The van der Waals surface area contributed by atoms with Gasteiger partial charge in [0, 0.05) is 18.2 Å². The van der Waals surface area contributed by atoms with Gasteiger partial charge in [-0.2, -0.15) is 0 Å². The highest BCUT2D eigenvalue weighted by molar-refractivity contribution is 5.93. The topological polar surface area (TPSA) is 85.4 Å². The van der Waals surface area contributed by atoms with Crippen LogP contribution in [0.5, 0.6) is 11.5 Å². The standard InChI is InChI=1S/C16H18N4O3/c1-22-11-5-6-14(23-2)12(7-11)20-15-8-13(17-9-18-15)16(21)19-10-3-4-10/h5-10H,3-4H2,1-2H3,(H,19,21)(H,17,18,20). The fraction of sp³-hybridized carbons (Fsp3) is 0.312. The molecule has 7 heteroatoms. The van der Waals surface area contributed by atoms with Gasteiger partial charge >= 0.3 is 0 Å². The van der Waals surface area contributed by atoms with Crippen molar-refractivity contribution in [3.05, 3.63) is 36.3 Å². The molecule has 1 heterocycles. The van der Waals surface area contributed by atoms with Crippen molar-refractivity contribution in [2.45, 2.75) is 18.9 Å². The van der Waals surface area contributed by atoms with Crippen LogP contribution in [0, 0.1) is 0 Å². The highest BCUT2D eigenvalue weighted by atomic mass is 16.5. The SMILES string of the molecule is COc1ccc(OC)c(Nc2cc(C(=O)NC3CC3)ncn2)c1. The van der Waals surface area contributed by atoms with E-state index in [1.807, 2.05) is 0 Å². The number of hydrogen-bond acceptors (Lipinski definition) is 6. The van der Waals surface area contributed by atoms with E-state index in [0.717, 1.165) is 12.8 Å². The Kier molecular flexibility index (Phi) is 4.27. The van der Waals surface area contributed by atoms with Crippen LogP contribution in [0.25, 0.3) is 0 Å². The Labute approximate surface area is 134 Å². The van der Waals surface area contributed by atoms with E-state index in [0.29, 0.717) is 28.7 Å². The van der Waals surface area contributed by atoms with Crippen molar-refractivity contribution in [1.82, 2.24) is 15.3 Å². The van der Waals surface area contributed by atoms with Gasteiger partial charge in [0.1, 0.15) is 29.3 Å². The third kappa shape index (κ3) is 3.68. The number of benzene rings is 1. The van der Waals surface area contributed by atoms with Crippen molar-refractivity contribution in [3.63, 3.8) is 0 Å². The predicted octanol–water partition coefficient (Wildman–Crippen LogP) is 2.13. The van der Waals surface area contributed by atoms with E-state index in [1.54, 1.807) is 38.5 Å². The van der Waals surface area contributed by atoms with Crippen molar-refractivity contribution in [2.75, 3.05) is 19.5 Å². The lowest BCUT2D eigenvalue weighted by Gasteiger charge is -2.12. The van der Waals surface area contributed by atoms with Gasteiger partial charge in [0.25, 0.3) is 5.91 Å². The first-order chi connectivity index (χ1) is 11.2. The highest BCUT2D eigenvalue weighted by Crippen LogP contribution is 2.31. The summed E-state index contributed by atoms with van der Waals surface area (Å²) in [5.74, 6) is 1.66. The molecule has 1 aliphatic carbocycles. The van der Waals surface area contributed by atoms with Gasteiger partial charge in [-0.1, -0.05) is 0 Å². The fourth-order valence-corrected chi connectivity index (χ4v) is 2.09. The second-order valence-corrected chi connectivity index (χ2v) is 5.23. The van der Waals surface area contributed by atoms with E-state index in [1.165, 1.54) is 6.33 Å². The van der Waals surface area contributed by atoms with Crippen LogP contribution in [0.15, 0.2) is 30.6 Å². The van der Waals surface area contributed by atoms with Crippen LogP contribution >= 0.6 is 0 Å². The summed E-state index contributed by atoms with van der Waals surface area (Å²) in [5, 5.41) is 6.03. The lowest BCUT2D eigenvalue weighted by molar-refractivity contribution is 0.0946. The van der Waals surface area contributed by atoms with Crippen LogP contribution in [0.1, 0.15) is 23.3 Å². The second-order valence-electron chi connectivity index (χ2n) is 5.23. The molecule has 3 rings (SSSR count). The van der Waals surface area contributed by atoms with Crippen LogP contribution in [0.4, 0.5) is 11.5 Å². The summed E-state index contributed by atoms with van der Waals surface area (Å²) in [6, 6.07) is 7.29. The number of rotatable bonds is 6. The van der Waals surface area contributed by atoms with Crippen molar-refractivity contribution < 1.29 is 14.3 Å². The molecular formula is C16H18N4O3. The number of aromatic nitrogens is 2. The number of methoxy groups -OCH3 is 2. The van der Waals surface area contributed by atoms with Crippen molar-refractivity contribution >= 4 is 17.4 Å². The highest BCUT2D eigenvalue weighted by Gasteiger charge is 2.24. The Morgan fingerprint density at radius 3 is 2.70 bits per heavy atom. The number of carbonyl (C=O) groups is 1. The zero-order valence-corrected chi connectivity index (χ0v) is 13.0. The maximum atomic E-state index is 12.0. The average molecular weight is 314 g/mol. The predicted molar refractivity (Wildman–Crippen MR) is 85.3 cm³/mol. The van der Waals surface area contributed by atoms with Crippen LogP contribution in [-0.2, 0) is 0 Å². The maximum absolute atomic E-state index is 12.0. The lowest BCUT2D eigenvalue weighted by atomic mass is 10.2. The average Bonchev–Trinajstić information content (AvgIpc) is 3.39. The third-order valence-electron chi connectivity index (χ3n) is 3.48. The van der Waals surface area contributed by atoms with Crippen LogP contribution in [-0.4, -0.2) is 36.1 Å². The Morgan fingerprint density at radius 2 is 2.00 bits per heavy atom. The number of carbonyl (C=O) groups excluding carboxylic acids is 1. The second kappa shape index (κ2) is 6.51. The molecule has 1 amide bonds. The molecule has 0 radical (unpaired) electrons. The van der Waals surface area contributed by atoms with Gasteiger partial charge in [-0.05, 0) is 25.0 Å². The molecule has 0 bridgehead atoms. The number of hydrogen-bond donors (Lipinski definition) is 2. The fourth-order valence-electron chi connectivity index (χ4n) is 2.09. The summed E-state index contributed by atoms with van der Waals surface area (Å²) in [6.45, 7) is 0. The van der Waals surface area contributed by atoms with Gasteiger partial charge in [0.15, 0.2) is 0 Å². The normalized spacial score (nSPS) is 13.3. The molecule has 2 aromatic rings. The molecule has 0 aliphatic heterocycles. The van der Waals surface area contributed by atoms with E-state index in [4.69, 9.17) is 9.47 Å². The molecule has 1 saturated carbocycles. The molecule has 0 atom stereocenters. The quantitative estimate of drug-likeness (QED) is 0.849. The van der Waals surface area contributed by atoms with Crippen LogP contribution in [0.3, 0.4) is 0 Å². The van der Waals surface area contributed by atoms with Crippen molar-refractivity contribution in [2.24, 2.45) is 0 Å². The molecule has 1 aliphatic rings. The molecule has 1 aromatic heterocycles. The van der Waals surface area contributed by atoms with Gasteiger partial charge in [-0.3, -0.25) is 4.79 Å². The van der Waals surface area contributed by atoms with E-state index in [-0.39, 0.29) is 11.9 Å². The minimum Gasteiger partial charge on any atom is -0.497 e. The monoisotopic (exact) mass is 314 g/mol. The molecule has 23 heavy (non-hydrogen) atoms. The minimum absolute atomic E-state index is 0.185. The van der Waals surface area contributed by atoms with E-state index in [9.17, 15) is 4.79 Å². The largest absolute Gasteiger partial charge is 0.497 e. The summed E-state index contributed by atoms with van der Waals surface area (Å²) in [6.07, 6.45) is 3.42. The minimum atomic E-state index is -0.185. The van der Waals surface area contributed by atoms with Gasteiger partial charge in [-0.15, -0.1) is 0 Å². The van der Waals surface area contributed by atoms with Gasteiger partial charge in [-0.25, -0.2) is 9.97 Å². The molecular weight excluding hydrogens is 296 g/mol. The Bertz CT molecular complexity index is 716. The number of nitrogens with zero attached hydrogens (tertiary/aromatic N) is 2. The Hall–Kier alpha value is -2.83. The first kappa shape index (κ1) is 15.1. The molecule has 1 aromatic carbocycles. The summed E-state index contributed by atoms with van der Waals surface area (Å²) < 4.78 is 10.5. The van der Waals surface area contributed by atoms with Gasteiger partial charge in [0.05, 0.1) is 19.9 Å². The zero-order chi connectivity index (χ0) is 16.2. The summed E-state index contributed by atoms with van der Waals surface area (Å²) in [4.78, 5) is 20.2. The number of ether oxygens (including phenoxy) is 2. The third-order valence-corrected chi connectivity index (χ3v) is 3.48. The Balaban J connectivity index is 1.80. The van der Waals surface area contributed by atoms with Crippen molar-refractivity contribution in [1.29, 1.82) is 0 Å². The molecule has 2 N–H and O–H groups in total. The number of nitrogens with one attached hydrogen (secondary N) is 2. The first-order valence-electron chi connectivity index (χ1n) is 7.31. The van der Waals surface area contributed by atoms with E-state index >= 15 is 0 Å². The maximum Gasteiger partial charge on any atom is 0.270 e. The van der Waals surface area contributed by atoms with Gasteiger partial charge < -0.3 is 20.1 Å². The number of amides is 1. The van der Waals surface area contributed by atoms with E-state index < -0.39 is 0 Å². The molecule has 1 fully saturated rings.